The molecule has 0 aromatic carbocycles. The van der Waals surface area contributed by atoms with Crippen LogP contribution in [0.1, 0.15) is 25.5 Å². The summed E-state index contributed by atoms with van der Waals surface area (Å²) in [6, 6.07) is 4.32. The Morgan fingerprint density at radius 2 is 2.10 bits per heavy atom. The van der Waals surface area contributed by atoms with Crippen molar-refractivity contribution in [2.45, 2.75) is 32.4 Å². The first-order valence-corrected chi connectivity index (χ1v) is 9.23. The minimum atomic E-state index is -3.03. The lowest BCUT2D eigenvalue weighted by molar-refractivity contribution is 0.288. The van der Waals surface area contributed by atoms with Crippen molar-refractivity contribution in [2.75, 3.05) is 18.8 Å². The summed E-state index contributed by atoms with van der Waals surface area (Å²) in [5, 5.41) is 3.45. The first-order chi connectivity index (χ1) is 9.51. The molecule has 0 atom stereocenters. The summed E-state index contributed by atoms with van der Waals surface area (Å²) in [6.45, 7) is 3.64. The van der Waals surface area contributed by atoms with Crippen LogP contribution in [0.4, 0.5) is 0 Å². The van der Waals surface area contributed by atoms with Gasteiger partial charge in [0, 0.05) is 36.3 Å². The van der Waals surface area contributed by atoms with E-state index in [2.05, 4.69) is 26.2 Å². The topological polar surface area (TPSA) is 62.3 Å². The van der Waals surface area contributed by atoms with Gasteiger partial charge in [0.25, 0.3) is 0 Å². The Kier molecular flexibility index (Phi) is 5.54. The smallest absolute Gasteiger partial charge is 0.213 e. The summed E-state index contributed by atoms with van der Waals surface area (Å²) in [5.41, 5.74) is 0.997. The molecule has 0 unspecified atom stereocenters. The van der Waals surface area contributed by atoms with Gasteiger partial charge < -0.3 is 5.32 Å². The zero-order valence-corrected chi connectivity index (χ0v) is 14.0. The molecule has 0 amide bonds. The first-order valence-electron chi connectivity index (χ1n) is 6.83. The van der Waals surface area contributed by atoms with Gasteiger partial charge in [0.15, 0.2) is 0 Å². The van der Waals surface area contributed by atoms with E-state index in [-0.39, 0.29) is 5.75 Å². The number of nitrogens with zero attached hydrogens (tertiary/aromatic N) is 2. The minimum absolute atomic E-state index is 0.188. The highest BCUT2D eigenvalue weighted by Gasteiger charge is 2.26. The molecule has 0 spiro atoms. The zero-order chi connectivity index (χ0) is 14.6. The summed E-state index contributed by atoms with van der Waals surface area (Å²) in [6.07, 6.45) is 3.50. The van der Waals surface area contributed by atoms with Gasteiger partial charge in [-0.3, -0.25) is 4.98 Å². The Labute approximate surface area is 129 Å². The van der Waals surface area contributed by atoms with E-state index in [0.29, 0.717) is 19.1 Å². The van der Waals surface area contributed by atoms with Gasteiger partial charge in [0.05, 0.1) is 11.4 Å². The lowest BCUT2D eigenvalue weighted by Gasteiger charge is -2.31. The Balaban J connectivity index is 1.79. The number of halogens is 1. The fourth-order valence-corrected chi connectivity index (χ4v) is 3.65. The number of rotatable bonds is 5. The molecule has 20 heavy (non-hydrogen) atoms. The zero-order valence-electron chi connectivity index (χ0n) is 11.5. The summed E-state index contributed by atoms with van der Waals surface area (Å²) in [7, 11) is -3.03. The largest absolute Gasteiger partial charge is 0.308 e. The van der Waals surface area contributed by atoms with Crippen LogP contribution in [-0.2, 0) is 16.6 Å². The van der Waals surface area contributed by atoms with Crippen LogP contribution in [0.2, 0.25) is 0 Å². The van der Waals surface area contributed by atoms with Crippen molar-refractivity contribution < 1.29 is 8.42 Å². The molecular weight excluding hydrogens is 342 g/mol. The maximum absolute atomic E-state index is 11.8. The predicted octanol–water partition coefficient (Wildman–Crippen LogP) is 1.75. The predicted molar refractivity (Wildman–Crippen MR) is 82.8 cm³/mol. The number of hydrogen-bond acceptors (Lipinski definition) is 4. The molecule has 0 aliphatic carbocycles. The van der Waals surface area contributed by atoms with Gasteiger partial charge in [-0.1, -0.05) is 0 Å². The Hall–Kier alpha value is -0.500. The van der Waals surface area contributed by atoms with E-state index in [1.165, 1.54) is 0 Å². The number of pyridine rings is 1. The summed E-state index contributed by atoms with van der Waals surface area (Å²) in [4.78, 5) is 4.31. The van der Waals surface area contributed by atoms with Gasteiger partial charge in [-0.25, -0.2) is 12.7 Å². The van der Waals surface area contributed by atoms with Crippen molar-refractivity contribution in [1.82, 2.24) is 14.6 Å². The Morgan fingerprint density at radius 1 is 1.40 bits per heavy atom. The van der Waals surface area contributed by atoms with Gasteiger partial charge in [-0.2, -0.15) is 0 Å². The first kappa shape index (κ1) is 15.9. The van der Waals surface area contributed by atoms with Crippen LogP contribution < -0.4 is 5.32 Å². The molecule has 112 valence electrons. The quantitative estimate of drug-likeness (QED) is 0.867. The highest BCUT2D eigenvalue weighted by molar-refractivity contribution is 9.10. The molecule has 1 N–H and O–H groups in total. The molecule has 7 heteroatoms. The van der Waals surface area contributed by atoms with E-state index in [4.69, 9.17) is 0 Å². The average Bonchev–Trinajstić information content (AvgIpc) is 2.47. The van der Waals surface area contributed by atoms with Gasteiger partial charge in [0.1, 0.15) is 0 Å². The molecule has 2 rings (SSSR count). The number of piperidine rings is 1. The van der Waals surface area contributed by atoms with Gasteiger partial charge in [-0.05, 0) is 47.8 Å². The van der Waals surface area contributed by atoms with Crippen LogP contribution in [0, 0.1) is 0 Å². The lowest BCUT2D eigenvalue weighted by atomic mass is 10.1. The van der Waals surface area contributed by atoms with Crippen molar-refractivity contribution in [1.29, 1.82) is 0 Å². The summed E-state index contributed by atoms with van der Waals surface area (Å²) >= 11 is 3.36. The van der Waals surface area contributed by atoms with E-state index in [0.717, 1.165) is 29.6 Å². The van der Waals surface area contributed by atoms with E-state index < -0.39 is 10.0 Å². The molecule has 0 bridgehead atoms. The number of sulfonamides is 1. The standard InChI is InChI=1S/C13H20BrN3O2S/c1-2-20(18,19)17-7-5-12(6-8-17)16-10-13-4-3-11(14)9-15-13/h3-4,9,12,16H,2,5-8,10H2,1H3. The third-order valence-corrected chi connectivity index (χ3v) is 5.92. The molecule has 0 radical (unpaired) electrons. The van der Waals surface area contributed by atoms with Crippen LogP contribution in [0.3, 0.4) is 0 Å². The maximum Gasteiger partial charge on any atom is 0.213 e. The molecule has 1 aliphatic heterocycles. The van der Waals surface area contributed by atoms with Crippen LogP contribution in [-0.4, -0.2) is 42.6 Å². The molecule has 1 aliphatic rings. The van der Waals surface area contributed by atoms with Gasteiger partial charge in [0.2, 0.25) is 10.0 Å². The van der Waals surface area contributed by atoms with Crippen molar-refractivity contribution in [3.8, 4) is 0 Å². The number of aromatic nitrogens is 1. The van der Waals surface area contributed by atoms with Crippen LogP contribution in [0.25, 0.3) is 0 Å². The SMILES string of the molecule is CCS(=O)(=O)N1CCC(NCc2ccc(Br)cn2)CC1. The van der Waals surface area contributed by atoms with E-state index >= 15 is 0 Å². The molecule has 1 aromatic rings. The van der Waals surface area contributed by atoms with Gasteiger partial charge in [-0.15, -0.1) is 0 Å². The molecule has 1 saturated heterocycles. The normalized spacial score (nSPS) is 18.3. The molecule has 2 heterocycles. The van der Waals surface area contributed by atoms with E-state index in [1.54, 1.807) is 17.4 Å². The van der Waals surface area contributed by atoms with Crippen LogP contribution in [0.5, 0.6) is 0 Å². The van der Waals surface area contributed by atoms with Gasteiger partial charge >= 0.3 is 0 Å². The fourth-order valence-electron chi connectivity index (χ4n) is 2.28. The average molecular weight is 362 g/mol. The molecule has 1 aromatic heterocycles. The third kappa shape index (κ3) is 4.25. The van der Waals surface area contributed by atoms with E-state index in [1.807, 2.05) is 12.1 Å². The molecular formula is C13H20BrN3O2S. The fraction of sp³-hybridized carbons (Fsp3) is 0.615. The molecule has 5 nitrogen and oxygen atoms in total. The van der Waals surface area contributed by atoms with Crippen molar-refractivity contribution in [3.63, 3.8) is 0 Å². The second-order valence-corrected chi connectivity index (χ2v) is 8.10. The second kappa shape index (κ2) is 6.98. The highest BCUT2D eigenvalue weighted by atomic mass is 79.9. The van der Waals surface area contributed by atoms with E-state index in [9.17, 15) is 8.42 Å². The minimum Gasteiger partial charge on any atom is -0.308 e. The van der Waals surface area contributed by atoms with Crippen molar-refractivity contribution in [3.05, 3.63) is 28.5 Å². The number of nitrogens with one attached hydrogen (secondary N) is 1. The Bertz CT molecular complexity index is 525. The number of hydrogen-bond donors (Lipinski definition) is 1. The highest BCUT2D eigenvalue weighted by Crippen LogP contribution is 2.15. The van der Waals surface area contributed by atoms with Crippen molar-refractivity contribution in [2.24, 2.45) is 0 Å². The maximum atomic E-state index is 11.8. The lowest BCUT2D eigenvalue weighted by Crippen LogP contribution is -2.45. The van der Waals surface area contributed by atoms with Crippen LogP contribution >= 0.6 is 15.9 Å². The third-order valence-electron chi connectivity index (χ3n) is 3.57. The Morgan fingerprint density at radius 3 is 2.65 bits per heavy atom. The van der Waals surface area contributed by atoms with Crippen LogP contribution in [0.15, 0.2) is 22.8 Å². The monoisotopic (exact) mass is 361 g/mol. The second-order valence-electron chi connectivity index (χ2n) is 4.92. The van der Waals surface area contributed by atoms with Crippen molar-refractivity contribution >= 4 is 26.0 Å². The summed E-state index contributed by atoms with van der Waals surface area (Å²) in [5.74, 6) is 0.188. The summed E-state index contributed by atoms with van der Waals surface area (Å²) < 4.78 is 26.1. The molecule has 1 fully saturated rings. The molecule has 0 saturated carbocycles.